The van der Waals surface area contributed by atoms with Gasteiger partial charge in [0.1, 0.15) is 0 Å². The third-order valence-electron chi connectivity index (χ3n) is 2.34. The standard InChI is InChI=1S/C9H22N2/c1-5-9(6-2,7-10)11-8(3)4/h8,11H,5-7,10H2,1-4H3. The molecule has 0 rings (SSSR count). The van der Waals surface area contributed by atoms with E-state index in [0.717, 1.165) is 19.4 Å². The van der Waals surface area contributed by atoms with Crippen molar-refractivity contribution in [3.63, 3.8) is 0 Å². The fourth-order valence-electron chi connectivity index (χ4n) is 1.41. The highest BCUT2D eigenvalue weighted by Crippen LogP contribution is 2.13. The van der Waals surface area contributed by atoms with Crippen molar-refractivity contribution in [2.45, 2.75) is 52.1 Å². The van der Waals surface area contributed by atoms with E-state index in [-0.39, 0.29) is 5.54 Å². The molecule has 3 N–H and O–H groups in total. The van der Waals surface area contributed by atoms with Crippen molar-refractivity contribution in [3.05, 3.63) is 0 Å². The van der Waals surface area contributed by atoms with Crippen LogP contribution >= 0.6 is 0 Å². The van der Waals surface area contributed by atoms with Crippen molar-refractivity contribution in [2.24, 2.45) is 5.73 Å². The molecule has 0 heterocycles. The molecule has 2 nitrogen and oxygen atoms in total. The minimum atomic E-state index is 0.175. The summed E-state index contributed by atoms with van der Waals surface area (Å²) in [5.41, 5.74) is 5.89. The van der Waals surface area contributed by atoms with Crippen LogP contribution in [0.2, 0.25) is 0 Å². The topological polar surface area (TPSA) is 38.0 Å². The van der Waals surface area contributed by atoms with Gasteiger partial charge in [-0.1, -0.05) is 27.7 Å². The van der Waals surface area contributed by atoms with E-state index in [0.29, 0.717) is 6.04 Å². The molecular weight excluding hydrogens is 136 g/mol. The van der Waals surface area contributed by atoms with Gasteiger partial charge in [0, 0.05) is 18.1 Å². The zero-order chi connectivity index (χ0) is 8.91. The van der Waals surface area contributed by atoms with Crippen molar-refractivity contribution in [3.8, 4) is 0 Å². The molecule has 0 saturated heterocycles. The van der Waals surface area contributed by atoms with Crippen molar-refractivity contribution in [1.82, 2.24) is 5.32 Å². The Hall–Kier alpha value is -0.0800. The van der Waals surface area contributed by atoms with Crippen LogP contribution in [-0.2, 0) is 0 Å². The van der Waals surface area contributed by atoms with Crippen LogP contribution in [0.3, 0.4) is 0 Å². The molecule has 0 unspecified atom stereocenters. The van der Waals surface area contributed by atoms with E-state index in [2.05, 4.69) is 33.0 Å². The average molecular weight is 158 g/mol. The van der Waals surface area contributed by atoms with Crippen LogP contribution in [0.15, 0.2) is 0 Å². The Morgan fingerprint density at radius 1 is 1.27 bits per heavy atom. The van der Waals surface area contributed by atoms with Gasteiger partial charge in [-0.05, 0) is 12.8 Å². The molecule has 0 radical (unpaired) electrons. The number of nitrogens with two attached hydrogens (primary N) is 1. The molecule has 0 amide bonds. The number of hydrogen-bond acceptors (Lipinski definition) is 2. The molecule has 0 aromatic rings. The summed E-state index contributed by atoms with van der Waals surface area (Å²) in [7, 11) is 0. The first-order valence-corrected chi connectivity index (χ1v) is 4.58. The second-order valence-corrected chi connectivity index (χ2v) is 3.49. The first-order valence-electron chi connectivity index (χ1n) is 4.58. The van der Waals surface area contributed by atoms with Crippen molar-refractivity contribution < 1.29 is 0 Å². The summed E-state index contributed by atoms with van der Waals surface area (Å²) >= 11 is 0. The van der Waals surface area contributed by atoms with E-state index in [4.69, 9.17) is 5.73 Å². The Balaban J connectivity index is 4.05. The van der Waals surface area contributed by atoms with Crippen LogP contribution in [-0.4, -0.2) is 18.1 Å². The van der Waals surface area contributed by atoms with Crippen LogP contribution in [0.5, 0.6) is 0 Å². The molecule has 0 spiro atoms. The maximum atomic E-state index is 5.71. The highest BCUT2D eigenvalue weighted by Gasteiger charge is 2.23. The van der Waals surface area contributed by atoms with Gasteiger partial charge in [0.05, 0.1) is 0 Å². The van der Waals surface area contributed by atoms with Gasteiger partial charge in [0.25, 0.3) is 0 Å². The first kappa shape index (κ1) is 10.9. The molecule has 0 aliphatic heterocycles. The van der Waals surface area contributed by atoms with Gasteiger partial charge in [0.15, 0.2) is 0 Å². The predicted molar refractivity (Wildman–Crippen MR) is 50.6 cm³/mol. The van der Waals surface area contributed by atoms with E-state index in [9.17, 15) is 0 Å². The van der Waals surface area contributed by atoms with Gasteiger partial charge in [-0.15, -0.1) is 0 Å². The number of rotatable bonds is 5. The summed E-state index contributed by atoms with van der Waals surface area (Å²) in [6.45, 7) is 9.43. The van der Waals surface area contributed by atoms with Crippen LogP contribution in [0.4, 0.5) is 0 Å². The summed E-state index contributed by atoms with van der Waals surface area (Å²) in [4.78, 5) is 0. The van der Waals surface area contributed by atoms with E-state index in [1.807, 2.05) is 0 Å². The smallest absolute Gasteiger partial charge is 0.0300 e. The van der Waals surface area contributed by atoms with Crippen LogP contribution in [0, 0.1) is 0 Å². The van der Waals surface area contributed by atoms with Gasteiger partial charge in [-0.3, -0.25) is 0 Å². The third-order valence-corrected chi connectivity index (χ3v) is 2.34. The Kier molecular flexibility index (Phi) is 4.69. The second kappa shape index (κ2) is 4.73. The van der Waals surface area contributed by atoms with Crippen LogP contribution in [0.25, 0.3) is 0 Å². The lowest BCUT2D eigenvalue weighted by atomic mass is 9.92. The zero-order valence-corrected chi connectivity index (χ0v) is 8.28. The Morgan fingerprint density at radius 3 is 1.82 bits per heavy atom. The van der Waals surface area contributed by atoms with Crippen molar-refractivity contribution >= 4 is 0 Å². The normalized spacial score (nSPS) is 12.5. The lowest BCUT2D eigenvalue weighted by molar-refractivity contribution is 0.286. The van der Waals surface area contributed by atoms with Crippen LogP contribution in [0.1, 0.15) is 40.5 Å². The molecule has 0 aromatic heterocycles. The number of nitrogens with one attached hydrogen (secondary N) is 1. The first-order chi connectivity index (χ1) is 5.10. The lowest BCUT2D eigenvalue weighted by Gasteiger charge is -2.33. The molecule has 11 heavy (non-hydrogen) atoms. The van der Waals surface area contributed by atoms with E-state index >= 15 is 0 Å². The van der Waals surface area contributed by atoms with E-state index in [1.54, 1.807) is 0 Å². The Labute approximate surface area is 70.5 Å². The van der Waals surface area contributed by atoms with Gasteiger partial charge >= 0.3 is 0 Å². The largest absolute Gasteiger partial charge is 0.329 e. The van der Waals surface area contributed by atoms with Gasteiger partial charge < -0.3 is 11.1 Å². The van der Waals surface area contributed by atoms with Crippen molar-refractivity contribution in [1.29, 1.82) is 0 Å². The summed E-state index contributed by atoms with van der Waals surface area (Å²) in [5.74, 6) is 0. The SMILES string of the molecule is CCC(CC)(CN)NC(C)C. The van der Waals surface area contributed by atoms with Gasteiger partial charge in [0.2, 0.25) is 0 Å². The lowest BCUT2D eigenvalue weighted by Crippen LogP contribution is -2.52. The molecule has 0 atom stereocenters. The van der Waals surface area contributed by atoms with E-state index < -0.39 is 0 Å². The Bertz CT molecular complexity index is 87.5. The summed E-state index contributed by atoms with van der Waals surface area (Å²) in [5, 5.41) is 3.52. The fraction of sp³-hybridized carbons (Fsp3) is 1.00. The molecule has 68 valence electrons. The van der Waals surface area contributed by atoms with Gasteiger partial charge in [-0.25, -0.2) is 0 Å². The zero-order valence-electron chi connectivity index (χ0n) is 8.28. The maximum absolute atomic E-state index is 5.71. The second-order valence-electron chi connectivity index (χ2n) is 3.49. The third kappa shape index (κ3) is 3.21. The Morgan fingerprint density at radius 2 is 1.73 bits per heavy atom. The molecule has 0 saturated carbocycles. The average Bonchev–Trinajstić information content (AvgIpc) is 2.00. The quantitative estimate of drug-likeness (QED) is 0.636. The summed E-state index contributed by atoms with van der Waals surface area (Å²) < 4.78 is 0. The molecular formula is C9H22N2. The van der Waals surface area contributed by atoms with Crippen LogP contribution < -0.4 is 11.1 Å². The maximum Gasteiger partial charge on any atom is 0.0300 e. The monoisotopic (exact) mass is 158 g/mol. The number of hydrogen-bond donors (Lipinski definition) is 2. The molecule has 0 aromatic carbocycles. The van der Waals surface area contributed by atoms with Crippen molar-refractivity contribution in [2.75, 3.05) is 6.54 Å². The highest BCUT2D eigenvalue weighted by molar-refractivity contribution is 4.87. The fourth-order valence-corrected chi connectivity index (χ4v) is 1.41. The summed E-state index contributed by atoms with van der Waals surface area (Å²) in [6.07, 6.45) is 2.22. The highest BCUT2D eigenvalue weighted by atomic mass is 15.0. The molecule has 0 aliphatic rings. The molecule has 0 aliphatic carbocycles. The minimum absolute atomic E-state index is 0.175. The van der Waals surface area contributed by atoms with Gasteiger partial charge in [-0.2, -0.15) is 0 Å². The van der Waals surface area contributed by atoms with E-state index in [1.165, 1.54) is 0 Å². The summed E-state index contributed by atoms with van der Waals surface area (Å²) in [6, 6.07) is 0.526. The molecule has 0 bridgehead atoms. The minimum Gasteiger partial charge on any atom is -0.329 e. The molecule has 0 fully saturated rings. The predicted octanol–water partition coefficient (Wildman–Crippen LogP) is 1.50. The molecule has 2 heteroatoms.